The summed E-state index contributed by atoms with van der Waals surface area (Å²) < 4.78 is 35.1. The average Bonchev–Trinajstić information content (AvgIpc) is 1.52. The number of halogens is 2. The van der Waals surface area contributed by atoms with E-state index in [1.165, 1.54) is 99.8 Å². The van der Waals surface area contributed by atoms with Gasteiger partial charge in [0.25, 0.3) is 0 Å². The van der Waals surface area contributed by atoms with Gasteiger partial charge in [0.1, 0.15) is 33.5 Å². The standard InChI is InChI=1S/C66H46N2O3.C30H22Br2O.C18H13NO/c1-65(2)50-35-41(67(39-19-7-5-8-20-39)54-28-17-26-45-43-23-11-14-30-57(43)69-62(45)54)33-34-42(50)48-36-49-52(37-51(48)65)66(3,4)53-38-56(64-61(60(49)53)47-25-13-16-32-59(47)71-64)68(40-21-9-6-10-22-40)55-29-18-27-46-44-24-12-15-31-58(44)70-63(46)55;1-29(2)20-11-15(31)9-10-16(20)18-12-19-22(13-21(18)29)30(3,4)23-14-24(32)28-27(26(19)23)17-7-5-6-8-25(17)33-28;1-2-7-13(8-3-1)19-16-11-6-10-15-14-9-4-5-12-17(14)20-18(15)16/h5-38H,1-4H3;5-14H,1-4H3;1-12,19H. The Balaban J connectivity index is 0.000000133. The molecule has 26 rings (SSSR count). The average molecular weight is 1730 g/mol. The second-order valence-electron chi connectivity index (χ2n) is 35.6. The molecule has 0 bridgehead atoms. The van der Waals surface area contributed by atoms with Gasteiger partial charge in [0, 0.05) is 103 Å². The Morgan fingerprint density at radius 1 is 0.242 bits per heavy atom. The molecule has 0 saturated carbocycles. The fourth-order valence-electron chi connectivity index (χ4n) is 21.2. The highest BCUT2D eigenvalue weighted by Gasteiger charge is 2.47. The minimum atomic E-state index is -0.361. The van der Waals surface area contributed by atoms with Gasteiger partial charge in [-0.05, 0) is 238 Å². The van der Waals surface area contributed by atoms with Crippen molar-refractivity contribution in [1.82, 2.24) is 0 Å². The van der Waals surface area contributed by atoms with Crippen LogP contribution in [0.5, 0.6) is 0 Å². The smallest absolute Gasteiger partial charge is 0.160 e. The van der Waals surface area contributed by atoms with Crippen LogP contribution in [0.2, 0.25) is 0 Å². The Kier molecular flexibility index (Phi) is 16.3. The minimum Gasteiger partial charge on any atom is -0.455 e. The number of para-hydroxylation sites is 11. The molecule has 8 nitrogen and oxygen atoms in total. The van der Waals surface area contributed by atoms with Crippen LogP contribution in [0.25, 0.3) is 154 Å². The molecule has 0 amide bonds. The van der Waals surface area contributed by atoms with Crippen molar-refractivity contribution in [3.05, 3.63) is 393 Å². The highest BCUT2D eigenvalue weighted by atomic mass is 79.9. The van der Waals surface area contributed by atoms with E-state index in [0.717, 1.165) is 153 Å². The van der Waals surface area contributed by atoms with Gasteiger partial charge in [-0.2, -0.15) is 0 Å². The third-order valence-corrected chi connectivity index (χ3v) is 28.4. The summed E-state index contributed by atoms with van der Waals surface area (Å²) in [4.78, 5) is 4.70. The normalized spacial score (nSPS) is 14.3. The first-order valence-corrected chi connectivity index (χ1v) is 44.1. The predicted molar refractivity (Wildman–Crippen MR) is 520 cm³/mol. The van der Waals surface area contributed by atoms with Gasteiger partial charge < -0.3 is 37.2 Å². The summed E-state index contributed by atoms with van der Waals surface area (Å²) in [5.74, 6) is 0. The van der Waals surface area contributed by atoms with E-state index >= 15 is 0 Å². The molecule has 4 aliphatic rings. The van der Waals surface area contributed by atoms with E-state index in [1.807, 2.05) is 72.8 Å². The van der Waals surface area contributed by atoms with Gasteiger partial charge >= 0.3 is 0 Å². The molecule has 0 spiro atoms. The summed E-state index contributed by atoms with van der Waals surface area (Å²) >= 11 is 7.52. The lowest BCUT2D eigenvalue weighted by atomic mass is 9.77. The molecular weight excluding hydrogens is 1650 g/mol. The maximum atomic E-state index is 7.14. The van der Waals surface area contributed by atoms with E-state index in [2.05, 4.69) is 369 Å². The Bertz CT molecular complexity index is 8260. The van der Waals surface area contributed by atoms with E-state index in [-0.39, 0.29) is 21.7 Å². The zero-order valence-corrected chi connectivity index (χ0v) is 72.7. The molecule has 10 heteroatoms. The van der Waals surface area contributed by atoms with Crippen LogP contribution >= 0.6 is 31.9 Å². The first kappa shape index (κ1) is 74.0. The third kappa shape index (κ3) is 10.9. The van der Waals surface area contributed by atoms with Gasteiger partial charge in [0.2, 0.25) is 0 Å². The number of hydrogen-bond acceptors (Lipinski definition) is 8. The summed E-state index contributed by atoms with van der Waals surface area (Å²) in [5, 5.41) is 14.7. The molecule has 124 heavy (non-hydrogen) atoms. The fourth-order valence-corrected chi connectivity index (χ4v) is 22.1. The van der Waals surface area contributed by atoms with Crippen molar-refractivity contribution in [3.8, 4) is 44.5 Å². The van der Waals surface area contributed by atoms with E-state index in [4.69, 9.17) is 22.1 Å². The molecule has 17 aromatic carbocycles. The molecule has 0 fully saturated rings. The molecule has 0 radical (unpaired) electrons. The highest BCUT2D eigenvalue weighted by Crippen LogP contribution is 2.63. The summed E-state index contributed by atoms with van der Waals surface area (Å²) in [7, 11) is 0. The Morgan fingerprint density at radius 2 is 0.613 bits per heavy atom. The summed E-state index contributed by atoms with van der Waals surface area (Å²) in [6.07, 6.45) is 0. The van der Waals surface area contributed by atoms with Crippen molar-refractivity contribution in [2.24, 2.45) is 0 Å². The van der Waals surface area contributed by atoms with E-state index in [1.54, 1.807) is 0 Å². The van der Waals surface area contributed by atoms with Crippen LogP contribution in [-0.2, 0) is 21.7 Å². The topological polar surface area (TPSA) is 84.2 Å². The van der Waals surface area contributed by atoms with Gasteiger partial charge in [-0.25, -0.2) is 0 Å². The van der Waals surface area contributed by atoms with E-state index < -0.39 is 0 Å². The quantitative estimate of drug-likeness (QED) is 0.161. The molecule has 0 saturated heterocycles. The van der Waals surface area contributed by atoms with Crippen molar-refractivity contribution in [3.63, 3.8) is 0 Å². The summed E-state index contributed by atoms with van der Waals surface area (Å²) in [6, 6.07) is 121. The second kappa shape index (κ2) is 27.3. The lowest BCUT2D eigenvalue weighted by Gasteiger charge is -2.29. The minimum absolute atomic E-state index is 0.0351. The van der Waals surface area contributed by atoms with E-state index in [9.17, 15) is 0 Å². The van der Waals surface area contributed by atoms with Crippen molar-refractivity contribution in [2.45, 2.75) is 77.0 Å². The zero-order valence-electron chi connectivity index (χ0n) is 69.5. The summed E-state index contributed by atoms with van der Waals surface area (Å²) in [5.41, 5.74) is 37.4. The number of rotatable bonds is 8. The van der Waals surface area contributed by atoms with Gasteiger partial charge in [-0.1, -0.05) is 278 Å². The highest BCUT2D eigenvalue weighted by molar-refractivity contribution is 9.11. The van der Waals surface area contributed by atoms with Crippen LogP contribution in [0, 0.1) is 0 Å². The SMILES string of the molecule is CC1(C)c2cc(Br)ccc2-c2cc3c(cc21)C(C)(C)c1cc(Br)c2oc4ccccc4c2c1-3.CC1(C)c2cc(N(c3ccccc3)c3cccc4c3oc3ccccc34)ccc2-c2cc3c(cc21)C(C)(C)c1cc(N(c2ccccc2)c2cccc4c2oc2ccccc24)c2oc4ccccc4c2c1-3.c1ccc(Nc2cccc3c2oc2ccccc23)cc1. The Morgan fingerprint density at radius 3 is 1.15 bits per heavy atom. The first-order valence-electron chi connectivity index (χ1n) is 42.6. The largest absolute Gasteiger partial charge is 0.455 e. The monoisotopic (exact) mass is 1730 g/mol. The van der Waals surface area contributed by atoms with Gasteiger partial charge in [0.05, 0.1) is 27.2 Å². The lowest BCUT2D eigenvalue weighted by Crippen LogP contribution is -2.19. The lowest BCUT2D eigenvalue weighted by molar-refractivity contribution is 0.638. The summed E-state index contributed by atoms with van der Waals surface area (Å²) in [6.45, 7) is 19.0. The molecule has 0 aliphatic heterocycles. The number of fused-ring (bicyclic) bond motifs is 29. The maximum absolute atomic E-state index is 7.14. The van der Waals surface area contributed by atoms with Crippen LogP contribution in [0.4, 0.5) is 45.5 Å². The second-order valence-corrected chi connectivity index (χ2v) is 37.4. The van der Waals surface area contributed by atoms with E-state index in [0.29, 0.717) is 0 Å². The number of benzene rings is 17. The van der Waals surface area contributed by atoms with Crippen molar-refractivity contribution in [2.75, 3.05) is 15.1 Å². The molecule has 596 valence electrons. The predicted octanol–water partition coefficient (Wildman–Crippen LogP) is 34.0. The zero-order chi connectivity index (χ0) is 83.6. The number of hydrogen-bond donors (Lipinski definition) is 1. The van der Waals surface area contributed by atoms with Crippen molar-refractivity contribution >= 4 is 187 Å². The maximum Gasteiger partial charge on any atom is 0.160 e. The molecule has 4 aliphatic carbocycles. The third-order valence-electron chi connectivity index (χ3n) is 27.3. The number of nitrogens with one attached hydrogen (secondary N) is 1. The number of nitrogens with zero attached hydrogens (tertiary/aromatic N) is 2. The first-order chi connectivity index (χ1) is 60.3. The van der Waals surface area contributed by atoms with Crippen molar-refractivity contribution < 1.29 is 22.1 Å². The fraction of sp³-hybridized carbons (Fsp3) is 0.105. The molecule has 0 unspecified atom stereocenters. The van der Waals surface area contributed by atoms with Gasteiger partial charge in [0.15, 0.2) is 22.3 Å². The van der Waals surface area contributed by atoms with Crippen LogP contribution in [-0.4, -0.2) is 0 Å². The molecule has 5 heterocycles. The Labute approximate surface area is 733 Å². The Hall–Kier alpha value is -13.9. The molecule has 5 aromatic heterocycles. The molecule has 22 aromatic rings. The van der Waals surface area contributed by atoms with Gasteiger partial charge in [-0.3, -0.25) is 0 Å². The molecule has 1 N–H and O–H groups in total. The van der Waals surface area contributed by atoms with Gasteiger partial charge in [-0.15, -0.1) is 0 Å². The molecular formula is C114H81Br2N3O5. The number of furan rings is 5. The molecule has 0 atom stereocenters. The van der Waals surface area contributed by atoms with Crippen LogP contribution in [0.3, 0.4) is 0 Å². The van der Waals surface area contributed by atoms with Crippen molar-refractivity contribution in [1.29, 1.82) is 0 Å². The van der Waals surface area contributed by atoms with Crippen LogP contribution in [0.15, 0.2) is 371 Å². The van der Waals surface area contributed by atoms with Crippen LogP contribution < -0.4 is 15.1 Å². The van der Waals surface area contributed by atoms with Crippen LogP contribution in [0.1, 0.15) is 99.9 Å². The number of anilines is 8.